The Balaban J connectivity index is 5.03. The van der Waals surface area contributed by atoms with E-state index in [-0.39, 0.29) is 0 Å². The quantitative estimate of drug-likeness (QED) is 0.160. The smallest absolute Gasteiger partial charge is 0.306 e. The van der Waals surface area contributed by atoms with Crippen molar-refractivity contribution in [2.45, 2.75) is 111 Å². The molecule has 0 heterocycles. The van der Waals surface area contributed by atoms with Crippen LogP contribution >= 0.6 is 0 Å². The van der Waals surface area contributed by atoms with Crippen molar-refractivity contribution >= 4 is 17.9 Å². The van der Waals surface area contributed by atoms with Gasteiger partial charge in [0.25, 0.3) is 0 Å². The predicted octanol–water partition coefficient (Wildman–Crippen LogP) is 4.72. The number of aliphatic carboxylic acids is 3. The number of hydrogen-bond donors (Lipinski definition) is 2. The third-order valence-electron chi connectivity index (χ3n) is 7.34. The molecular weight excluding hydrogens is 434 g/mol. The average molecular weight is 486 g/mol. The molecule has 2 N–H and O–H groups in total. The number of carboxylic acids is 3. The molecule has 0 aromatic rings. The van der Waals surface area contributed by atoms with Gasteiger partial charge in [-0.1, -0.05) is 79.1 Å². The van der Waals surface area contributed by atoms with Crippen molar-refractivity contribution in [3.05, 3.63) is 0 Å². The second kappa shape index (κ2) is 18.7. The molecule has 3 unspecified atom stereocenters. The molecule has 0 aliphatic rings. The zero-order valence-corrected chi connectivity index (χ0v) is 22.2. The Morgan fingerprint density at radius 3 is 1.32 bits per heavy atom. The first-order valence-electron chi connectivity index (χ1n) is 13.6. The van der Waals surface area contributed by atoms with E-state index in [2.05, 4.69) is 6.92 Å². The Labute approximate surface area is 207 Å². The van der Waals surface area contributed by atoms with Crippen LogP contribution in [0.3, 0.4) is 0 Å². The maximum atomic E-state index is 11.4. The van der Waals surface area contributed by atoms with Gasteiger partial charge in [-0.25, -0.2) is 0 Å². The van der Waals surface area contributed by atoms with Crippen LogP contribution in [0.25, 0.3) is 0 Å². The van der Waals surface area contributed by atoms with Crippen LogP contribution in [0.4, 0.5) is 0 Å². The van der Waals surface area contributed by atoms with Gasteiger partial charge in [-0.2, -0.15) is 0 Å². The Bertz CT molecular complexity index is 520. The summed E-state index contributed by atoms with van der Waals surface area (Å²) in [6, 6.07) is 0. The van der Waals surface area contributed by atoms with E-state index in [0.717, 1.165) is 19.4 Å². The monoisotopic (exact) mass is 485 g/mol. The summed E-state index contributed by atoms with van der Waals surface area (Å²) in [7, 11) is 0. The summed E-state index contributed by atoms with van der Waals surface area (Å²) in [4.78, 5) is 34.1. The lowest BCUT2D eigenvalue weighted by atomic mass is 10.0. The lowest BCUT2D eigenvalue weighted by Gasteiger charge is -2.41. The fraction of sp³-hybridized carbons (Fsp3) is 0.889. The molecule has 7 heteroatoms. The molecule has 0 fully saturated rings. The Morgan fingerprint density at radius 1 is 0.618 bits per heavy atom. The van der Waals surface area contributed by atoms with Gasteiger partial charge in [0.2, 0.25) is 0 Å². The van der Waals surface area contributed by atoms with E-state index >= 15 is 0 Å². The Hall–Kier alpha value is -1.63. The first kappa shape index (κ1) is 32.4. The molecule has 0 bridgehead atoms. The molecule has 7 nitrogen and oxygen atoms in total. The number of carbonyl (C=O) groups excluding carboxylic acids is 1. The average Bonchev–Trinajstić information content (AvgIpc) is 2.79. The zero-order chi connectivity index (χ0) is 26.0. The number of rotatable bonds is 23. The second-order valence-corrected chi connectivity index (χ2v) is 10.5. The summed E-state index contributed by atoms with van der Waals surface area (Å²) in [6.45, 7) is 9.93. The first-order valence-corrected chi connectivity index (χ1v) is 13.6. The van der Waals surface area contributed by atoms with Crippen LogP contribution in [0, 0.1) is 17.8 Å². The lowest BCUT2D eigenvalue weighted by molar-refractivity contribution is -0.929. The van der Waals surface area contributed by atoms with E-state index in [4.69, 9.17) is 0 Å². The van der Waals surface area contributed by atoms with Crippen LogP contribution in [0.5, 0.6) is 0 Å². The zero-order valence-electron chi connectivity index (χ0n) is 22.2. The molecule has 3 atom stereocenters. The van der Waals surface area contributed by atoms with Gasteiger partial charge in [0.1, 0.15) is 0 Å². The summed E-state index contributed by atoms with van der Waals surface area (Å²) in [5.74, 6) is -4.30. The van der Waals surface area contributed by atoms with E-state index in [1.807, 2.05) is 0 Å². The molecule has 0 aliphatic heterocycles. The van der Waals surface area contributed by atoms with Crippen molar-refractivity contribution in [1.82, 2.24) is 0 Å². The number of nitrogens with zero attached hydrogens (tertiary/aromatic N) is 1. The van der Waals surface area contributed by atoms with Crippen molar-refractivity contribution in [2.75, 3.05) is 26.2 Å². The van der Waals surface area contributed by atoms with Gasteiger partial charge in [0.05, 0.1) is 38.0 Å². The Kier molecular flexibility index (Phi) is 17.8. The van der Waals surface area contributed by atoms with Gasteiger partial charge < -0.3 is 24.6 Å². The largest absolute Gasteiger partial charge is 0.550 e. The molecule has 0 aromatic heterocycles. The lowest BCUT2D eigenvalue weighted by Crippen LogP contribution is -2.52. The molecule has 0 rings (SSSR count). The van der Waals surface area contributed by atoms with E-state index < -0.39 is 35.7 Å². The van der Waals surface area contributed by atoms with Crippen LogP contribution in [0.2, 0.25) is 0 Å². The van der Waals surface area contributed by atoms with Gasteiger partial charge in [0, 0.05) is 31.1 Å². The highest BCUT2D eigenvalue weighted by Crippen LogP contribution is 2.21. The van der Waals surface area contributed by atoms with E-state index in [1.165, 1.54) is 51.4 Å². The number of quaternary nitrogens is 1. The molecule has 34 heavy (non-hydrogen) atoms. The fourth-order valence-corrected chi connectivity index (χ4v) is 4.37. The highest BCUT2D eigenvalue weighted by atomic mass is 16.4. The summed E-state index contributed by atoms with van der Waals surface area (Å²) in [6.07, 6.45) is 13.7. The van der Waals surface area contributed by atoms with Gasteiger partial charge in [-0.15, -0.1) is 0 Å². The predicted molar refractivity (Wildman–Crippen MR) is 133 cm³/mol. The van der Waals surface area contributed by atoms with Crippen molar-refractivity contribution < 1.29 is 34.2 Å². The van der Waals surface area contributed by atoms with Crippen molar-refractivity contribution in [3.63, 3.8) is 0 Å². The molecule has 0 radical (unpaired) electrons. The number of carbonyl (C=O) groups is 3. The molecule has 0 spiro atoms. The molecule has 0 saturated heterocycles. The van der Waals surface area contributed by atoms with Gasteiger partial charge in [-0.05, 0) is 12.8 Å². The summed E-state index contributed by atoms with van der Waals surface area (Å²) < 4.78 is 0.587. The summed E-state index contributed by atoms with van der Waals surface area (Å²) in [5, 5.41) is 30.0. The van der Waals surface area contributed by atoms with E-state index in [9.17, 15) is 29.7 Å². The standard InChI is InChI=1S/C27H51NO6/c1-5-6-7-8-9-10-11-12-13-14-18-28(19-15-22(2)25(29)30,20-16-23(3)26(31)32)21-17-24(4)27(33)34/h22-24H,5-21H2,1-4H3,(H2-,29,30,31,32,33,34). The van der Waals surface area contributed by atoms with Gasteiger partial charge >= 0.3 is 11.9 Å². The normalized spacial score (nSPS) is 15.9. The highest BCUT2D eigenvalue weighted by Gasteiger charge is 2.30. The van der Waals surface area contributed by atoms with Gasteiger partial charge in [-0.3, -0.25) is 9.59 Å². The molecular formula is C27H51NO6. The minimum absolute atomic E-state index is 0.447. The Morgan fingerprint density at radius 2 is 0.971 bits per heavy atom. The topological polar surface area (TPSA) is 115 Å². The molecule has 0 aromatic carbocycles. The fourth-order valence-electron chi connectivity index (χ4n) is 4.37. The molecule has 200 valence electrons. The van der Waals surface area contributed by atoms with Crippen molar-refractivity contribution in [1.29, 1.82) is 0 Å². The van der Waals surface area contributed by atoms with Crippen LogP contribution < -0.4 is 5.11 Å². The summed E-state index contributed by atoms with van der Waals surface area (Å²) >= 11 is 0. The molecule has 0 aliphatic carbocycles. The maximum Gasteiger partial charge on any atom is 0.306 e. The molecule has 0 saturated carbocycles. The van der Waals surface area contributed by atoms with Crippen LogP contribution in [-0.2, 0) is 14.4 Å². The number of carboxylic acid groups (broad SMARTS) is 3. The molecule has 0 amide bonds. The van der Waals surface area contributed by atoms with Gasteiger partial charge in [0.15, 0.2) is 0 Å². The van der Waals surface area contributed by atoms with Crippen LogP contribution in [0.1, 0.15) is 111 Å². The van der Waals surface area contributed by atoms with Crippen molar-refractivity contribution in [2.24, 2.45) is 17.8 Å². The van der Waals surface area contributed by atoms with E-state index in [0.29, 0.717) is 43.4 Å². The minimum Gasteiger partial charge on any atom is -0.550 e. The second-order valence-electron chi connectivity index (χ2n) is 10.5. The minimum atomic E-state index is -1.07. The third kappa shape index (κ3) is 15.3. The SMILES string of the molecule is CCCCCCCCCCCC[N+](CCC(C)C(=O)[O-])(CCC(C)C(=O)O)CCC(C)C(=O)O. The summed E-state index contributed by atoms with van der Waals surface area (Å²) in [5.41, 5.74) is 0. The van der Waals surface area contributed by atoms with Crippen molar-refractivity contribution in [3.8, 4) is 0 Å². The number of unbranched alkanes of at least 4 members (excludes halogenated alkanes) is 9. The first-order chi connectivity index (χ1) is 16.0. The van der Waals surface area contributed by atoms with E-state index in [1.54, 1.807) is 20.8 Å². The number of hydrogen-bond acceptors (Lipinski definition) is 4. The maximum absolute atomic E-state index is 11.4. The van der Waals surface area contributed by atoms with Crippen LogP contribution in [0.15, 0.2) is 0 Å². The van der Waals surface area contributed by atoms with Crippen LogP contribution in [-0.4, -0.2) is 58.8 Å². The third-order valence-corrected chi connectivity index (χ3v) is 7.34. The highest BCUT2D eigenvalue weighted by molar-refractivity contribution is 5.69.